The maximum Gasteiger partial charge on any atom is 0.337 e. The molecule has 11 atom stereocenters. The average Bonchev–Trinajstić information content (AvgIpc) is 3.30. The molecular formula is C28H48FNO3. The second-order valence-corrected chi connectivity index (χ2v) is 12.8. The van der Waals surface area contributed by atoms with E-state index in [0.717, 1.165) is 42.1 Å². The molecule has 0 aromatic rings. The van der Waals surface area contributed by atoms with Crippen molar-refractivity contribution >= 4 is 6.47 Å². The van der Waals surface area contributed by atoms with Crippen molar-refractivity contribution in [3.05, 3.63) is 0 Å². The molecule has 5 heteroatoms. The molecule has 0 aromatic carbocycles. The quantitative estimate of drug-likeness (QED) is 0.460. The molecule has 4 nitrogen and oxygen atoms in total. The predicted molar refractivity (Wildman–Crippen MR) is 129 cm³/mol. The first-order valence-electron chi connectivity index (χ1n) is 13.9. The van der Waals surface area contributed by atoms with Crippen LogP contribution < -0.4 is 5.32 Å². The molecule has 0 amide bonds. The lowest BCUT2D eigenvalue weighted by Gasteiger charge is -2.60. The highest BCUT2D eigenvalue weighted by atomic mass is 19.3. The molecule has 33 heavy (non-hydrogen) atoms. The van der Waals surface area contributed by atoms with Gasteiger partial charge >= 0.3 is 6.47 Å². The Morgan fingerprint density at radius 2 is 1.88 bits per heavy atom. The van der Waals surface area contributed by atoms with Gasteiger partial charge in [0, 0.05) is 17.0 Å². The Labute approximate surface area is 201 Å². The number of carbonyl (C=O) groups is 1. The van der Waals surface area contributed by atoms with Gasteiger partial charge in [-0.25, -0.2) is 0 Å². The predicted octanol–water partition coefficient (Wildman–Crippen LogP) is 6.69. The van der Waals surface area contributed by atoms with Crippen molar-refractivity contribution in [3.8, 4) is 0 Å². The minimum Gasteiger partial charge on any atom is -0.360 e. The minimum atomic E-state index is -0.292. The number of nitrogens with one attached hydrogen (secondary N) is 1. The van der Waals surface area contributed by atoms with Gasteiger partial charge in [-0.1, -0.05) is 53.9 Å². The van der Waals surface area contributed by atoms with E-state index in [1.54, 1.807) is 0 Å². The highest BCUT2D eigenvalue weighted by Gasteiger charge is 2.65. The summed E-state index contributed by atoms with van der Waals surface area (Å²) in [5.74, 6) is 6.14. The van der Waals surface area contributed by atoms with Crippen molar-refractivity contribution in [2.24, 2.45) is 52.3 Å². The van der Waals surface area contributed by atoms with Crippen LogP contribution in [0, 0.1) is 52.3 Å². The number of hydrogen-bond donors (Lipinski definition) is 1. The fourth-order valence-electron chi connectivity index (χ4n) is 9.60. The van der Waals surface area contributed by atoms with E-state index in [0.29, 0.717) is 29.1 Å². The van der Waals surface area contributed by atoms with Gasteiger partial charge in [-0.2, -0.15) is 0 Å². The van der Waals surface area contributed by atoms with Gasteiger partial charge < -0.3 is 4.74 Å². The second-order valence-electron chi connectivity index (χ2n) is 12.8. The number of ether oxygens (including phenoxy) is 1. The molecule has 0 aromatic heterocycles. The fraction of sp³-hybridized carbons (Fsp3) is 0.964. The third-order valence-electron chi connectivity index (χ3n) is 11.4. The smallest absolute Gasteiger partial charge is 0.337 e. The lowest BCUT2D eigenvalue weighted by Crippen LogP contribution is -2.53. The Morgan fingerprint density at radius 3 is 2.58 bits per heavy atom. The van der Waals surface area contributed by atoms with Crippen molar-refractivity contribution in [2.45, 2.75) is 111 Å². The van der Waals surface area contributed by atoms with Gasteiger partial charge in [0.25, 0.3) is 0 Å². The van der Waals surface area contributed by atoms with Gasteiger partial charge in [-0.05, 0) is 91.3 Å². The monoisotopic (exact) mass is 465 g/mol. The highest BCUT2D eigenvalue weighted by molar-refractivity contribution is 5.35. The lowest BCUT2D eigenvalue weighted by molar-refractivity contribution is -0.165. The number of fused-ring (bicyclic) bond motifs is 7. The van der Waals surface area contributed by atoms with Crippen LogP contribution in [0.5, 0.6) is 0 Å². The van der Waals surface area contributed by atoms with E-state index in [9.17, 15) is 4.53 Å². The first kappa shape index (κ1) is 25.4. The number of halogens is 1. The second kappa shape index (κ2) is 10.1. The van der Waals surface area contributed by atoms with Crippen LogP contribution in [0.25, 0.3) is 0 Å². The van der Waals surface area contributed by atoms with Crippen molar-refractivity contribution < 1.29 is 19.0 Å². The van der Waals surface area contributed by atoms with Crippen LogP contribution in [0.4, 0.5) is 4.53 Å². The molecule has 1 saturated heterocycles. The van der Waals surface area contributed by atoms with E-state index in [-0.39, 0.29) is 6.47 Å². The zero-order valence-electron chi connectivity index (χ0n) is 21.7. The Hall–Kier alpha value is -0.680. The summed E-state index contributed by atoms with van der Waals surface area (Å²) in [6, 6.07) is 0. The molecule has 0 spiro atoms. The standard InChI is InChI=1S/C27H47NO.CHFO2/c1-6-17(2)16-28-25-18(3)24-23(29-25)15-22-20-11-10-19-9-7-8-13-26(19,4)21(20)12-14-27(22,24)5;2-4-1-3/h17-25,28H,6-16H2,1-5H3;1H/t17-,18-,19?,20?,21?,22?,23-,24?,25?,26?,27?;/m0./s1. The van der Waals surface area contributed by atoms with Crippen LogP contribution in [0.1, 0.15) is 98.8 Å². The van der Waals surface area contributed by atoms with Crippen LogP contribution in [0.3, 0.4) is 0 Å². The lowest BCUT2D eigenvalue weighted by atomic mass is 9.44. The molecule has 1 aliphatic heterocycles. The molecule has 0 bridgehead atoms. The average molecular weight is 466 g/mol. The van der Waals surface area contributed by atoms with Crippen LogP contribution in [0.2, 0.25) is 0 Å². The van der Waals surface area contributed by atoms with Crippen LogP contribution in [-0.2, 0) is 14.5 Å². The number of rotatable bonds is 5. The van der Waals surface area contributed by atoms with Gasteiger partial charge in [-0.15, -0.1) is 0 Å². The van der Waals surface area contributed by atoms with E-state index < -0.39 is 0 Å². The molecule has 1 N–H and O–H groups in total. The molecule has 5 fully saturated rings. The summed E-state index contributed by atoms with van der Waals surface area (Å²) in [7, 11) is 0. The fourth-order valence-corrected chi connectivity index (χ4v) is 9.60. The normalized spacial score (nSPS) is 48.9. The largest absolute Gasteiger partial charge is 0.360 e. The summed E-state index contributed by atoms with van der Waals surface area (Å²) < 4.78 is 16.6. The summed E-state index contributed by atoms with van der Waals surface area (Å²) in [5.41, 5.74) is 1.18. The Kier molecular flexibility index (Phi) is 7.80. The molecule has 8 unspecified atom stereocenters. The van der Waals surface area contributed by atoms with Gasteiger partial charge in [0.15, 0.2) is 0 Å². The topological polar surface area (TPSA) is 47.6 Å². The summed E-state index contributed by atoms with van der Waals surface area (Å²) in [6.07, 6.45) is 15.5. The number of hydrogen-bond acceptors (Lipinski definition) is 4. The Bertz CT molecular complexity index is 676. The van der Waals surface area contributed by atoms with Gasteiger partial charge in [0.05, 0.1) is 6.10 Å². The molecule has 4 aliphatic carbocycles. The maximum atomic E-state index is 9.85. The SMILES string of the molecule is CC[C@H](C)CNC1O[C@H]2CC3C4CCC5CCCCC5(C)C4CCC3(C)C2[C@@H]1C.O=COF. The number of carbonyl (C=O) groups excluding carboxylic acids is 1. The van der Waals surface area contributed by atoms with E-state index in [4.69, 9.17) is 9.53 Å². The maximum absolute atomic E-state index is 9.85. The summed E-state index contributed by atoms with van der Waals surface area (Å²) in [6.45, 7) is 13.4. The van der Waals surface area contributed by atoms with Crippen molar-refractivity contribution in [2.75, 3.05) is 6.54 Å². The van der Waals surface area contributed by atoms with Crippen LogP contribution in [0.15, 0.2) is 0 Å². The zero-order valence-corrected chi connectivity index (χ0v) is 21.7. The first-order chi connectivity index (χ1) is 15.8. The van der Waals surface area contributed by atoms with Crippen molar-refractivity contribution in [1.29, 1.82) is 0 Å². The van der Waals surface area contributed by atoms with Gasteiger partial charge in [0.1, 0.15) is 6.23 Å². The van der Waals surface area contributed by atoms with Gasteiger partial charge in [0.2, 0.25) is 0 Å². The van der Waals surface area contributed by atoms with Gasteiger partial charge in [-0.3, -0.25) is 15.1 Å². The summed E-state index contributed by atoms with van der Waals surface area (Å²) in [5, 5.41) is 3.80. The third kappa shape index (κ3) is 4.39. The minimum absolute atomic E-state index is 0.292. The molecule has 0 radical (unpaired) electrons. The molecule has 5 aliphatic rings. The molecule has 4 saturated carbocycles. The summed E-state index contributed by atoms with van der Waals surface area (Å²) >= 11 is 0. The summed E-state index contributed by atoms with van der Waals surface area (Å²) in [4.78, 5) is 10.9. The highest BCUT2D eigenvalue weighted by Crippen LogP contribution is 2.69. The van der Waals surface area contributed by atoms with E-state index in [1.165, 1.54) is 64.2 Å². The van der Waals surface area contributed by atoms with Crippen LogP contribution >= 0.6 is 0 Å². The Morgan fingerprint density at radius 1 is 1.12 bits per heavy atom. The molecule has 190 valence electrons. The van der Waals surface area contributed by atoms with Crippen molar-refractivity contribution in [3.63, 3.8) is 0 Å². The van der Waals surface area contributed by atoms with Crippen molar-refractivity contribution in [1.82, 2.24) is 5.32 Å². The molecule has 1 heterocycles. The zero-order chi connectivity index (χ0) is 23.8. The first-order valence-corrected chi connectivity index (χ1v) is 13.9. The third-order valence-corrected chi connectivity index (χ3v) is 11.4. The van der Waals surface area contributed by atoms with E-state index in [2.05, 4.69) is 44.9 Å². The van der Waals surface area contributed by atoms with E-state index in [1.807, 2.05) is 0 Å². The van der Waals surface area contributed by atoms with Crippen LogP contribution in [-0.4, -0.2) is 25.3 Å². The molecular weight excluding hydrogens is 417 g/mol. The van der Waals surface area contributed by atoms with E-state index >= 15 is 0 Å². The Balaban J connectivity index is 0.000000601. The molecule has 5 rings (SSSR count).